The Morgan fingerprint density at radius 2 is 2.50 bits per heavy atom. The molecule has 1 N–H and O–H groups in total. The number of methoxy groups -OCH3 is 1. The fourth-order valence-electron chi connectivity index (χ4n) is 0.994. The Kier molecular flexibility index (Phi) is 4.06. The van der Waals surface area contributed by atoms with Gasteiger partial charge in [-0.15, -0.1) is 0 Å². The lowest BCUT2D eigenvalue weighted by molar-refractivity contribution is -0.124. The van der Waals surface area contributed by atoms with Crippen molar-refractivity contribution in [3.05, 3.63) is 12.2 Å². The monoisotopic (exact) mass is 198 g/mol. The molecule has 1 aromatic heterocycles. The summed E-state index contributed by atoms with van der Waals surface area (Å²) in [5, 5.41) is 6.76. The Labute approximate surface area is 82.3 Å². The van der Waals surface area contributed by atoms with Crippen LogP contribution >= 0.6 is 0 Å². The molecule has 0 unspecified atom stereocenters. The van der Waals surface area contributed by atoms with E-state index in [1.165, 1.54) is 7.11 Å². The quantitative estimate of drug-likeness (QED) is 0.667. The van der Waals surface area contributed by atoms with Gasteiger partial charge < -0.3 is 10.1 Å². The Morgan fingerprint density at radius 3 is 3.07 bits per heavy atom. The van der Waals surface area contributed by atoms with E-state index in [4.69, 9.17) is 0 Å². The van der Waals surface area contributed by atoms with Crippen molar-refractivity contribution in [2.75, 3.05) is 20.3 Å². The molecule has 0 atom stereocenters. The number of nitrogens with one attached hydrogen (secondary N) is 1. The number of rotatable bonds is 5. The topological polar surface area (TPSA) is 69.0 Å². The second-order valence-corrected chi connectivity index (χ2v) is 2.87. The maximum Gasteiger partial charge on any atom is 0.245 e. The zero-order valence-electron chi connectivity index (χ0n) is 8.36. The molecule has 1 heterocycles. The second-order valence-electron chi connectivity index (χ2n) is 2.87. The third-order valence-electron chi connectivity index (χ3n) is 1.59. The maximum atomic E-state index is 11.0. The van der Waals surface area contributed by atoms with E-state index in [1.807, 2.05) is 0 Å². The van der Waals surface area contributed by atoms with Gasteiger partial charge >= 0.3 is 0 Å². The van der Waals surface area contributed by atoms with Crippen molar-refractivity contribution < 1.29 is 9.53 Å². The largest absolute Gasteiger partial charge is 0.375 e. The highest BCUT2D eigenvalue weighted by Crippen LogP contribution is 1.87. The number of hydrogen-bond donors (Lipinski definition) is 1. The fourth-order valence-corrected chi connectivity index (χ4v) is 0.994. The molecule has 0 aliphatic rings. The summed E-state index contributed by atoms with van der Waals surface area (Å²) in [7, 11) is 3.29. The van der Waals surface area contributed by atoms with E-state index < -0.39 is 0 Å². The van der Waals surface area contributed by atoms with Crippen LogP contribution in [0, 0.1) is 0 Å². The zero-order valence-corrected chi connectivity index (χ0v) is 8.36. The summed E-state index contributed by atoms with van der Waals surface area (Å²) in [6.07, 6.45) is 2.27. The molecule has 0 bridgehead atoms. The van der Waals surface area contributed by atoms with Gasteiger partial charge in [-0.25, -0.2) is 4.98 Å². The Bertz CT molecular complexity index is 297. The SMILES string of the molecule is COCC(=O)NCCc1ncn(C)n1. The van der Waals surface area contributed by atoms with Crippen LogP contribution < -0.4 is 5.32 Å². The minimum Gasteiger partial charge on any atom is -0.375 e. The van der Waals surface area contributed by atoms with E-state index in [0.29, 0.717) is 13.0 Å². The van der Waals surface area contributed by atoms with E-state index >= 15 is 0 Å². The Morgan fingerprint density at radius 1 is 1.71 bits per heavy atom. The van der Waals surface area contributed by atoms with Crippen LogP contribution in [-0.2, 0) is 23.0 Å². The summed E-state index contributed by atoms with van der Waals surface area (Å²) in [4.78, 5) is 15.0. The van der Waals surface area contributed by atoms with E-state index in [1.54, 1.807) is 18.1 Å². The minimum atomic E-state index is -0.122. The molecule has 78 valence electrons. The molecule has 6 heteroatoms. The van der Waals surface area contributed by atoms with Gasteiger partial charge in [0, 0.05) is 27.1 Å². The molecule has 1 aromatic rings. The van der Waals surface area contributed by atoms with E-state index in [9.17, 15) is 4.79 Å². The third-order valence-corrected chi connectivity index (χ3v) is 1.59. The number of aromatic nitrogens is 3. The molecule has 1 rings (SSSR count). The number of carbonyl (C=O) groups excluding carboxylic acids is 1. The van der Waals surface area contributed by atoms with Crippen molar-refractivity contribution >= 4 is 5.91 Å². The maximum absolute atomic E-state index is 11.0. The predicted octanol–water partition coefficient (Wildman–Crippen LogP) is -0.880. The molecule has 0 saturated carbocycles. The third kappa shape index (κ3) is 3.53. The minimum absolute atomic E-state index is 0.0929. The van der Waals surface area contributed by atoms with Crippen LogP contribution in [0.2, 0.25) is 0 Å². The first-order valence-corrected chi connectivity index (χ1v) is 4.32. The fraction of sp³-hybridized carbons (Fsp3) is 0.625. The van der Waals surface area contributed by atoms with E-state index in [0.717, 1.165) is 5.82 Å². The highest BCUT2D eigenvalue weighted by molar-refractivity contribution is 5.77. The van der Waals surface area contributed by atoms with Gasteiger partial charge in [-0.05, 0) is 0 Å². The number of aryl methyl sites for hydroxylation is 1. The number of amides is 1. The molecule has 0 spiro atoms. The summed E-state index contributed by atoms with van der Waals surface area (Å²) in [5.74, 6) is 0.605. The molecule has 0 aromatic carbocycles. The van der Waals surface area contributed by atoms with E-state index in [-0.39, 0.29) is 12.5 Å². The summed E-state index contributed by atoms with van der Waals surface area (Å²) < 4.78 is 6.29. The van der Waals surface area contributed by atoms with Crippen molar-refractivity contribution in [2.45, 2.75) is 6.42 Å². The highest BCUT2D eigenvalue weighted by atomic mass is 16.5. The molecule has 0 fully saturated rings. The molecule has 1 amide bonds. The normalized spacial score (nSPS) is 10.1. The average molecular weight is 198 g/mol. The van der Waals surface area contributed by atoms with Crippen molar-refractivity contribution in [3.8, 4) is 0 Å². The lowest BCUT2D eigenvalue weighted by atomic mass is 10.4. The van der Waals surface area contributed by atoms with Crippen LogP contribution in [0.1, 0.15) is 5.82 Å². The summed E-state index contributed by atoms with van der Waals surface area (Å²) in [6, 6.07) is 0. The molecular formula is C8H14N4O2. The van der Waals surface area contributed by atoms with Crippen molar-refractivity contribution in [2.24, 2.45) is 7.05 Å². The Hall–Kier alpha value is -1.43. The Balaban J connectivity index is 2.18. The first kappa shape index (κ1) is 10.6. The van der Waals surface area contributed by atoms with Gasteiger partial charge in [-0.1, -0.05) is 0 Å². The highest BCUT2D eigenvalue weighted by Gasteiger charge is 2.01. The standard InChI is InChI=1S/C8H14N4O2/c1-12-6-10-7(11-12)3-4-9-8(13)5-14-2/h6H,3-5H2,1-2H3,(H,9,13). The van der Waals surface area contributed by atoms with Crippen molar-refractivity contribution in [3.63, 3.8) is 0 Å². The summed E-state index contributed by atoms with van der Waals surface area (Å²) >= 11 is 0. The number of ether oxygens (including phenoxy) is 1. The lowest BCUT2D eigenvalue weighted by Gasteiger charge is -2.01. The molecule has 0 aliphatic heterocycles. The van der Waals surface area contributed by atoms with E-state index in [2.05, 4.69) is 20.1 Å². The van der Waals surface area contributed by atoms with Crippen LogP contribution in [-0.4, -0.2) is 40.9 Å². The van der Waals surface area contributed by atoms with Gasteiger partial charge in [0.05, 0.1) is 0 Å². The van der Waals surface area contributed by atoms with Gasteiger partial charge in [0.2, 0.25) is 5.91 Å². The lowest BCUT2D eigenvalue weighted by Crippen LogP contribution is -2.29. The first-order chi connectivity index (χ1) is 6.72. The van der Waals surface area contributed by atoms with Gasteiger partial charge in [-0.2, -0.15) is 5.10 Å². The first-order valence-electron chi connectivity index (χ1n) is 4.32. The van der Waals surface area contributed by atoms with Crippen LogP contribution in [0.4, 0.5) is 0 Å². The van der Waals surface area contributed by atoms with Crippen LogP contribution in [0.15, 0.2) is 6.33 Å². The zero-order chi connectivity index (χ0) is 10.4. The molecule has 0 radical (unpaired) electrons. The molecule has 0 saturated heterocycles. The molecule has 0 aliphatic carbocycles. The molecule has 6 nitrogen and oxygen atoms in total. The van der Waals surface area contributed by atoms with Gasteiger partial charge in [0.25, 0.3) is 0 Å². The van der Waals surface area contributed by atoms with Crippen LogP contribution in [0.5, 0.6) is 0 Å². The van der Waals surface area contributed by atoms with Gasteiger partial charge in [-0.3, -0.25) is 9.48 Å². The van der Waals surface area contributed by atoms with Crippen molar-refractivity contribution in [1.82, 2.24) is 20.1 Å². The smallest absolute Gasteiger partial charge is 0.245 e. The predicted molar refractivity (Wildman–Crippen MR) is 49.6 cm³/mol. The van der Waals surface area contributed by atoms with Gasteiger partial charge in [0.15, 0.2) is 5.82 Å². The number of carbonyl (C=O) groups is 1. The number of nitrogens with zero attached hydrogens (tertiary/aromatic N) is 3. The molecule has 14 heavy (non-hydrogen) atoms. The average Bonchev–Trinajstić information content (AvgIpc) is 2.52. The summed E-state index contributed by atoms with van der Waals surface area (Å²) in [6.45, 7) is 0.627. The van der Waals surface area contributed by atoms with Crippen LogP contribution in [0.3, 0.4) is 0 Å². The van der Waals surface area contributed by atoms with Crippen LogP contribution in [0.25, 0.3) is 0 Å². The van der Waals surface area contributed by atoms with Gasteiger partial charge in [0.1, 0.15) is 12.9 Å². The molecular weight excluding hydrogens is 184 g/mol. The van der Waals surface area contributed by atoms with Crippen molar-refractivity contribution in [1.29, 1.82) is 0 Å². The second kappa shape index (κ2) is 5.33. The summed E-state index contributed by atoms with van der Waals surface area (Å²) in [5.41, 5.74) is 0. The number of hydrogen-bond acceptors (Lipinski definition) is 4.